The molecular formula is C20H23N3O2S. The van der Waals surface area contributed by atoms with Gasteiger partial charge in [0.25, 0.3) is 10.0 Å². The molecule has 1 fully saturated rings. The van der Waals surface area contributed by atoms with Crippen LogP contribution in [0.2, 0.25) is 0 Å². The van der Waals surface area contributed by atoms with Gasteiger partial charge >= 0.3 is 0 Å². The smallest absolute Gasteiger partial charge is 0.268 e. The summed E-state index contributed by atoms with van der Waals surface area (Å²) in [4.78, 5) is 2.74. The maximum Gasteiger partial charge on any atom is 0.268 e. The number of fused-ring (bicyclic) bond motifs is 1. The van der Waals surface area contributed by atoms with Crippen LogP contribution in [-0.4, -0.2) is 43.5 Å². The molecule has 4 rings (SSSR count). The fourth-order valence-corrected chi connectivity index (χ4v) is 4.93. The molecule has 26 heavy (non-hydrogen) atoms. The van der Waals surface area contributed by atoms with Crippen molar-refractivity contribution in [3.63, 3.8) is 0 Å². The first-order chi connectivity index (χ1) is 12.7. The third-order valence-corrected chi connectivity index (χ3v) is 6.62. The van der Waals surface area contributed by atoms with E-state index in [2.05, 4.69) is 16.3 Å². The Bertz CT molecular complexity index is 988. The quantitative estimate of drug-likeness (QED) is 0.768. The van der Waals surface area contributed by atoms with Gasteiger partial charge in [-0.05, 0) is 49.3 Å². The normalized spacial score (nSPS) is 16.6. The van der Waals surface area contributed by atoms with Gasteiger partial charge in [0.1, 0.15) is 0 Å². The van der Waals surface area contributed by atoms with E-state index >= 15 is 0 Å². The molecule has 1 saturated heterocycles. The van der Waals surface area contributed by atoms with Crippen molar-refractivity contribution in [2.24, 2.45) is 0 Å². The van der Waals surface area contributed by atoms with Crippen molar-refractivity contribution < 1.29 is 8.42 Å². The van der Waals surface area contributed by atoms with Crippen LogP contribution in [-0.2, 0) is 16.6 Å². The Morgan fingerprint density at radius 3 is 2.62 bits per heavy atom. The van der Waals surface area contributed by atoms with Crippen molar-refractivity contribution in [3.05, 3.63) is 66.4 Å². The number of hydrogen-bond donors (Lipinski definition) is 1. The van der Waals surface area contributed by atoms with Crippen molar-refractivity contribution in [2.45, 2.75) is 17.9 Å². The molecule has 2 aromatic carbocycles. The van der Waals surface area contributed by atoms with Crippen LogP contribution in [0, 0.1) is 0 Å². The molecule has 6 heteroatoms. The van der Waals surface area contributed by atoms with Crippen molar-refractivity contribution in [2.75, 3.05) is 26.2 Å². The molecular weight excluding hydrogens is 346 g/mol. The van der Waals surface area contributed by atoms with Crippen LogP contribution >= 0.6 is 0 Å². The van der Waals surface area contributed by atoms with Gasteiger partial charge in [-0.15, -0.1) is 0 Å². The minimum absolute atomic E-state index is 0.307. The molecule has 0 amide bonds. The first kappa shape index (κ1) is 17.3. The Morgan fingerprint density at radius 1 is 0.923 bits per heavy atom. The van der Waals surface area contributed by atoms with E-state index in [1.54, 1.807) is 30.5 Å². The number of nitrogens with zero attached hydrogens (tertiary/aromatic N) is 2. The standard InChI is InChI=1S/C20H23N3O2S/c24-26(25,18-7-2-1-3-8-18)23-14-10-19-17(6-4-9-20(19)23)16-22-13-5-11-21-12-15-22/h1-4,6-10,14,21H,5,11-13,15-16H2. The molecule has 0 saturated carbocycles. The Hall–Kier alpha value is -2.15. The molecule has 0 bridgehead atoms. The van der Waals surface area contributed by atoms with Gasteiger partial charge in [-0.1, -0.05) is 30.3 Å². The van der Waals surface area contributed by atoms with E-state index in [0.717, 1.165) is 50.0 Å². The molecule has 5 nitrogen and oxygen atoms in total. The van der Waals surface area contributed by atoms with Gasteiger partial charge in [0, 0.05) is 31.2 Å². The largest absolute Gasteiger partial charge is 0.315 e. The van der Waals surface area contributed by atoms with Crippen LogP contribution < -0.4 is 5.32 Å². The second kappa shape index (κ2) is 7.23. The van der Waals surface area contributed by atoms with Crippen LogP contribution in [0.3, 0.4) is 0 Å². The Balaban J connectivity index is 1.71. The highest BCUT2D eigenvalue weighted by atomic mass is 32.2. The fourth-order valence-electron chi connectivity index (χ4n) is 3.56. The lowest BCUT2D eigenvalue weighted by Gasteiger charge is -2.20. The van der Waals surface area contributed by atoms with Crippen LogP contribution in [0.4, 0.5) is 0 Å². The third kappa shape index (κ3) is 3.28. The van der Waals surface area contributed by atoms with E-state index in [4.69, 9.17) is 0 Å². The van der Waals surface area contributed by atoms with Gasteiger partial charge in [0.2, 0.25) is 0 Å². The lowest BCUT2D eigenvalue weighted by molar-refractivity contribution is 0.285. The van der Waals surface area contributed by atoms with E-state index in [-0.39, 0.29) is 0 Å². The third-order valence-electron chi connectivity index (χ3n) is 4.91. The zero-order valence-corrected chi connectivity index (χ0v) is 15.5. The second-order valence-corrected chi connectivity index (χ2v) is 8.47. The second-order valence-electron chi connectivity index (χ2n) is 6.66. The molecule has 0 spiro atoms. The van der Waals surface area contributed by atoms with Crippen molar-refractivity contribution in [1.82, 2.24) is 14.2 Å². The highest BCUT2D eigenvalue weighted by Gasteiger charge is 2.20. The zero-order chi connectivity index (χ0) is 18.0. The summed E-state index contributed by atoms with van der Waals surface area (Å²) < 4.78 is 27.4. The minimum atomic E-state index is -3.58. The maximum absolute atomic E-state index is 13.0. The Kier molecular flexibility index (Phi) is 4.80. The zero-order valence-electron chi connectivity index (χ0n) is 14.6. The lowest BCUT2D eigenvalue weighted by Crippen LogP contribution is -2.27. The topological polar surface area (TPSA) is 54.3 Å². The van der Waals surface area contributed by atoms with E-state index in [9.17, 15) is 8.42 Å². The summed E-state index contributed by atoms with van der Waals surface area (Å²) in [5, 5.41) is 4.42. The first-order valence-corrected chi connectivity index (χ1v) is 10.4. The van der Waals surface area contributed by atoms with Gasteiger partial charge in [-0.3, -0.25) is 4.90 Å². The summed E-state index contributed by atoms with van der Waals surface area (Å²) in [6.07, 6.45) is 2.81. The van der Waals surface area contributed by atoms with Gasteiger partial charge in [-0.2, -0.15) is 0 Å². The number of nitrogens with one attached hydrogen (secondary N) is 1. The lowest BCUT2D eigenvalue weighted by atomic mass is 10.1. The molecule has 0 aliphatic carbocycles. The van der Waals surface area contributed by atoms with Crippen molar-refractivity contribution >= 4 is 20.9 Å². The highest BCUT2D eigenvalue weighted by molar-refractivity contribution is 7.90. The molecule has 1 aliphatic rings. The Morgan fingerprint density at radius 2 is 1.77 bits per heavy atom. The molecule has 0 atom stereocenters. The predicted octanol–water partition coefficient (Wildman–Crippen LogP) is 2.67. The summed E-state index contributed by atoms with van der Waals surface area (Å²) in [6, 6.07) is 16.4. The molecule has 0 radical (unpaired) electrons. The van der Waals surface area contributed by atoms with Crippen LogP contribution in [0.1, 0.15) is 12.0 Å². The number of rotatable bonds is 4. The summed E-state index contributed by atoms with van der Waals surface area (Å²) in [5.41, 5.74) is 1.91. The highest BCUT2D eigenvalue weighted by Crippen LogP contribution is 2.25. The molecule has 2 heterocycles. The molecule has 3 aromatic rings. The summed E-state index contributed by atoms with van der Waals surface area (Å²) >= 11 is 0. The van der Waals surface area contributed by atoms with E-state index in [0.29, 0.717) is 4.90 Å². The SMILES string of the molecule is O=S(=O)(c1ccccc1)n1ccc2c(CN3CCCNCC3)cccc21. The molecule has 0 unspecified atom stereocenters. The maximum atomic E-state index is 13.0. The van der Waals surface area contributed by atoms with Gasteiger partial charge in [0.15, 0.2) is 0 Å². The van der Waals surface area contributed by atoms with E-state index in [1.165, 1.54) is 9.54 Å². The fraction of sp³-hybridized carbons (Fsp3) is 0.300. The molecule has 1 aliphatic heterocycles. The first-order valence-electron chi connectivity index (χ1n) is 8.99. The minimum Gasteiger partial charge on any atom is -0.315 e. The molecule has 1 aromatic heterocycles. The monoisotopic (exact) mass is 369 g/mol. The Labute approximate surface area is 154 Å². The molecule has 136 valence electrons. The summed E-state index contributed by atoms with van der Waals surface area (Å²) in [6.45, 7) is 4.98. The predicted molar refractivity (Wildman–Crippen MR) is 104 cm³/mol. The van der Waals surface area contributed by atoms with E-state index < -0.39 is 10.0 Å². The number of hydrogen-bond acceptors (Lipinski definition) is 4. The van der Waals surface area contributed by atoms with Crippen molar-refractivity contribution in [3.8, 4) is 0 Å². The average molecular weight is 369 g/mol. The average Bonchev–Trinajstić information content (AvgIpc) is 2.95. The van der Waals surface area contributed by atoms with Crippen LogP contribution in [0.15, 0.2) is 65.7 Å². The summed E-state index contributed by atoms with van der Waals surface area (Å²) in [7, 11) is -3.58. The van der Waals surface area contributed by atoms with Crippen LogP contribution in [0.25, 0.3) is 10.9 Å². The number of aromatic nitrogens is 1. The number of benzene rings is 2. The summed E-state index contributed by atoms with van der Waals surface area (Å²) in [5.74, 6) is 0. The van der Waals surface area contributed by atoms with Crippen LogP contribution in [0.5, 0.6) is 0 Å². The van der Waals surface area contributed by atoms with Crippen molar-refractivity contribution in [1.29, 1.82) is 0 Å². The van der Waals surface area contributed by atoms with E-state index in [1.807, 2.05) is 24.3 Å². The van der Waals surface area contributed by atoms with Gasteiger partial charge in [-0.25, -0.2) is 12.4 Å². The van der Waals surface area contributed by atoms with Gasteiger partial charge in [0.05, 0.1) is 10.4 Å². The molecule has 1 N–H and O–H groups in total. The van der Waals surface area contributed by atoms with Gasteiger partial charge < -0.3 is 5.32 Å².